The minimum Gasteiger partial charge on any atom is -0.390 e. The molecule has 18 heavy (non-hydrogen) atoms. The zero-order chi connectivity index (χ0) is 13.0. The van der Waals surface area contributed by atoms with Crippen molar-refractivity contribution in [1.29, 1.82) is 0 Å². The minimum absolute atomic E-state index is 0.192. The van der Waals surface area contributed by atoms with Crippen LogP contribution in [0, 0.1) is 5.92 Å². The van der Waals surface area contributed by atoms with Crippen LogP contribution in [-0.4, -0.2) is 72.9 Å². The molecule has 1 saturated carbocycles. The molecule has 0 aromatic carbocycles. The SMILES string of the molecule is CC(C)CN(CC(O)CN1CCNCC1)C1CC1. The Morgan fingerprint density at radius 1 is 1.22 bits per heavy atom. The number of rotatable bonds is 7. The van der Waals surface area contributed by atoms with E-state index in [0.29, 0.717) is 5.92 Å². The maximum atomic E-state index is 10.3. The van der Waals surface area contributed by atoms with Crippen molar-refractivity contribution in [2.75, 3.05) is 45.8 Å². The van der Waals surface area contributed by atoms with Crippen LogP contribution >= 0.6 is 0 Å². The van der Waals surface area contributed by atoms with E-state index < -0.39 is 0 Å². The van der Waals surface area contributed by atoms with Crippen molar-refractivity contribution in [2.45, 2.75) is 38.8 Å². The second-order valence-corrected chi connectivity index (χ2v) is 6.28. The lowest BCUT2D eigenvalue weighted by atomic mass is 10.2. The Morgan fingerprint density at radius 2 is 1.89 bits per heavy atom. The first-order valence-corrected chi connectivity index (χ1v) is 7.50. The quantitative estimate of drug-likeness (QED) is 0.689. The lowest BCUT2D eigenvalue weighted by molar-refractivity contribution is 0.0628. The summed E-state index contributed by atoms with van der Waals surface area (Å²) in [6.45, 7) is 11.6. The molecule has 0 spiro atoms. The lowest BCUT2D eigenvalue weighted by Gasteiger charge is -2.32. The maximum absolute atomic E-state index is 10.3. The van der Waals surface area contributed by atoms with Crippen molar-refractivity contribution in [3.63, 3.8) is 0 Å². The Hall–Kier alpha value is -0.160. The molecule has 2 fully saturated rings. The van der Waals surface area contributed by atoms with E-state index in [4.69, 9.17) is 0 Å². The van der Waals surface area contributed by atoms with Crippen molar-refractivity contribution >= 4 is 0 Å². The van der Waals surface area contributed by atoms with Gasteiger partial charge in [-0.15, -0.1) is 0 Å². The smallest absolute Gasteiger partial charge is 0.0793 e. The molecular formula is C14H29N3O. The van der Waals surface area contributed by atoms with E-state index >= 15 is 0 Å². The van der Waals surface area contributed by atoms with E-state index in [1.165, 1.54) is 12.8 Å². The maximum Gasteiger partial charge on any atom is 0.0793 e. The Morgan fingerprint density at radius 3 is 2.44 bits per heavy atom. The zero-order valence-corrected chi connectivity index (χ0v) is 11.9. The van der Waals surface area contributed by atoms with Crippen molar-refractivity contribution in [3.05, 3.63) is 0 Å². The monoisotopic (exact) mass is 255 g/mol. The van der Waals surface area contributed by atoms with E-state index in [2.05, 4.69) is 29.0 Å². The number of piperazine rings is 1. The van der Waals surface area contributed by atoms with E-state index in [-0.39, 0.29) is 6.10 Å². The largest absolute Gasteiger partial charge is 0.390 e. The first-order valence-electron chi connectivity index (χ1n) is 7.50. The fourth-order valence-corrected chi connectivity index (χ4v) is 2.80. The second kappa shape index (κ2) is 6.85. The van der Waals surface area contributed by atoms with E-state index in [0.717, 1.165) is 51.9 Å². The first-order chi connectivity index (χ1) is 8.65. The Labute approximate surface area is 111 Å². The first kappa shape index (κ1) is 14.3. The number of hydrogen-bond acceptors (Lipinski definition) is 4. The van der Waals surface area contributed by atoms with Gasteiger partial charge in [-0.2, -0.15) is 0 Å². The lowest BCUT2D eigenvalue weighted by Crippen LogP contribution is -2.48. The molecule has 4 nitrogen and oxygen atoms in total. The van der Waals surface area contributed by atoms with Crippen LogP contribution in [0.5, 0.6) is 0 Å². The van der Waals surface area contributed by atoms with E-state index in [1.54, 1.807) is 0 Å². The minimum atomic E-state index is -0.192. The third kappa shape index (κ3) is 4.84. The Kier molecular flexibility index (Phi) is 5.42. The van der Waals surface area contributed by atoms with Crippen molar-refractivity contribution in [3.8, 4) is 0 Å². The van der Waals surface area contributed by atoms with Gasteiger partial charge in [0.1, 0.15) is 0 Å². The predicted molar refractivity (Wildman–Crippen MR) is 74.7 cm³/mol. The highest BCUT2D eigenvalue weighted by atomic mass is 16.3. The zero-order valence-electron chi connectivity index (χ0n) is 11.9. The van der Waals surface area contributed by atoms with E-state index in [9.17, 15) is 5.11 Å². The van der Waals surface area contributed by atoms with Crippen molar-refractivity contribution < 1.29 is 5.11 Å². The van der Waals surface area contributed by atoms with Crippen molar-refractivity contribution in [2.24, 2.45) is 5.92 Å². The molecule has 2 aliphatic rings. The molecule has 1 atom stereocenters. The van der Waals surface area contributed by atoms with Crippen LogP contribution < -0.4 is 5.32 Å². The molecule has 2 rings (SSSR count). The molecule has 0 aromatic heterocycles. The topological polar surface area (TPSA) is 38.7 Å². The summed E-state index contributed by atoms with van der Waals surface area (Å²) < 4.78 is 0. The summed E-state index contributed by atoms with van der Waals surface area (Å²) in [7, 11) is 0. The third-order valence-corrected chi connectivity index (χ3v) is 3.79. The van der Waals surface area contributed by atoms with Gasteiger partial charge in [0.2, 0.25) is 0 Å². The van der Waals surface area contributed by atoms with Gasteiger partial charge in [0.15, 0.2) is 0 Å². The average Bonchev–Trinajstić information content (AvgIpc) is 3.12. The molecule has 4 heteroatoms. The second-order valence-electron chi connectivity index (χ2n) is 6.28. The number of hydrogen-bond donors (Lipinski definition) is 2. The molecule has 106 valence electrons. The highest BCUT2D eigenvalue weighted by Gasteiger charge is 2.30. The average molecular weight is 255 g/mol. The van der Waals surface area contributed by atoms with Gasteiger partial charge in [0, 0.05) is 51.9 Å². The number of nitrogens with one attached hydrogen (secondary N) is 1. The summed E-state index contributed by atoms with van der Waals surface area (Å²) >= 11 is 0. The van der Waals surface area contributed by atoms with Gasteiger partial charge in [-0.1, -0.05) is 13.8 Å². The fourth-order valence-electron chi connectivity index (χ4n) is 2.80. The molecule has 2 N–H and O–H groups in total. The molecule has 0 amide bonds. The van der Waals surface area contributed by atoms with E-state index in [1.807, 2.05) is 0 Å². The number of aliphatic hydroxyl groups is 1. The Bertz CT molecular complexity index is 237. The Balaban J connectivity index is 1.71. The van der Waals surface area contributed by atoms with Crippen LogP contribution in [0.1, 0.15) is 26.7 Å². The van der Waals surface area contributed by atoms with Crippen LogP contribution in [-0.2, 0) is 0 Å². The summed E-state index contributed by atoms with van der Waals surface area (Å²) in [5, 5.41) is 13.6. The van der Waals surface area contributed by atoms with Crippen LogP contribution in [0.4, 0.5) is 0 Å². The number of β-amino-alcohol motifs (C(OH)–C–C–N with tert-alkyl or cyclic N) is 1. The molecular weight excluding hydrogens is 226 g/mol. The predicted octanol–water partition coefficient (Wildman–Crippen LogP) is 0.373. The van der Waals surface area contributed by atoms with Crippen LogP contribution in [0.15, 0.2) is 0 Å². The van der Waals surface area contributed by atoms with Gasteiger partial charge in [-0.25, -0.2) is 0 Å². The normalized spacial score (nSPS) is 23.8. The van der Waals surface area contributed by atoms with Gasteiger partial charge in [0.05, 0.1) is 6.10 Å². The number of nitrogens with zero attached hydrogens (tertiary/aromatic N) is 2. The summed E-state index contributed by atoms with van der Waals surface area (Å²) in [6, 6.07) is 0.755. The molecule has 1 aliphatic carbocycles. The highest BCUT2D eigenvalue weighted by Crippen LogP contribution is 2.27. The standard InChI is InChI=1S/C14H29N3O/c1-12(2)9-17(13-3-4-13)11-14(18)10-16-7-5-15-6-8-16/h12-15,18H,3-11H2,1-2H3. The summed E-state index contributed by atoms with van der Waals surface area (Å²) in [5.74, 6) is 0.692. The van der Waals surface area contributed by atoms with Crippen LogP contribution in [0.25, 0.3) is 0 Å². The third-order valence-electron chi connectivity index (χ3n) is 3.79. The molecule has 0 bridgehead atoms. The fraction of sp³-hybridized carbons (Fsp3) is 1.00. The van der Waals surface area contributed by atoms with Gasteiger partial charge < -0.3 is 10.4 Å². The highest BCUT2D eigenvalue weighted by molar-refractivity contribution is 4.86. The summed E-state index contributed by atoms with van der Waals surface area (Å²) in [4.78, 5) is 4.87. The van der Waals surface area contributed by atoms with Crippen LogP contribution in [0.3, 0.4) is 0 Å². The van der Waals surface area contributed by atoms with Crippen LogP contribution in [0.2, 0.25) is 0 Å². The molecule has 1 unspecified atom stereocenters. The summed E-state index contributed by atoms with van der Waals surface area (Å²) in [5.41, 5.74) is 0. The van der Waals surface area contributed by atoms with Gasteiger partial charge in [0.25, 0.3) is 0 Å². The van der Waals surface area contributed by atoms with Gasteiger partial charge in [-0.3, -0.25) is 9.80 Å². The molecule has 0 radical (unpaired) electrons. The summed E-state index contributed by atoms with van der Waals surface area (Å²) in [6.07, 6.45) is 2.46. The van der Waals surface area contributed by atoms with Gasteiger partial charge in [-0.05, 0) is 18.8 Å². The molecule has 0 aromatic rings. The number of aliphatic hydroxyl groups excluding tert-OH is 1. The van der Waals surface area contributed by atoms with Crippen molar-refractivity contribution in [1.82, 2.24) is 15.1 Å². The van der Waals surface area contributed by atoms with Gasteiger partial charge >= 0.3 is 0 Å². The molecule has 1 aliphatic heterocycles. The molecule has 1 saturated heterocycles. The molecule has 1 heterocycles.